The zero-order valence-electron chi connectivity index (χ0n) is 9.10. The van der Waals surface area contributed by atoms with Gasteiger partial charge in [-0.3, -0.25) is 4.68 Å². The Morgan fingerprint density at radius 3 is 3.00 bits per heavy atom. The third kappa shape index (κ3) is 2.33. The van der Waals surface area contributed by atoms with E-state index in [1.807, 2.05) is 29.1 Å². The van der Waals surface area contributed by atoms with Crippen LogP contribution in [0.15, 0.2) is 35.0 Å². The molecule has 84 valence electrons. The quantitative estimate of drug-likeness (QED) is 0.830. The van der Waals surface area contributed by atoms with E-state index < -0.39 is 0 Å². The molecule has 2 heterocycles. The summed E-state index contributed by atoms with van der Waals surface area (Å²) >= 11 is 0. The third-order valence-corrected chi connectivity index (χ3v) is 2.74. The lowest BCUT2D eigenvalue weighted by Gasteiger charge is -1.99. The molecule has 0 aliphatic heterocycles. The van der Waals surface area contributed by atoms with E-state index >= 15 is 0 Å². The van der Waals surface area contributed by atoms with Crippen LogP contribution in [0.2, 0.25) is 0 Å². The molecule has 1 saturated carbocycles. The molecule has 16 heavy (non-hydrogen) atoms. The second kappa shape index (κ2) is 4.14. The highest BCUT2D eigenvalue weighted by Crippen LogP contribution is 2.19. The molecule has 0 aromatic carbocycles. The van der Waals surface area contributed by atoms with Crippen LogP contribution in [0.4, 0.5) is 0 Å². The zero-order chi connectivity index (χ0) is 10.8. The third-order valence-electron chi connectivity index (χ3n) is 2.74. The van der Waals surface area contributed by atoms with Gasteiger partial charge in [0.1, 0.15) is 11.5 Å². The number of aromatic nitrogens is 2. The summed E-state index contributed by atoms with van der Waals surface area (Å²) in [7, 11) is 0. The maximum atomic E-state index is 5.71. The zero-order valence-corrected chi connectivity index (χ0v) is 9.10. The van der Waals surface area contributed by atoms with Crippen molar-refractivity contribution in [3.8, 4) is 0 Å². The monoisotopic (exact) mass is 217 g/mol. The van der Waals surface area contributed by atoms with Crippen LogP contribution in [0.1, 0.15) is 24.4 Å². The molecule has 1 aliphatic carbocycles. The van der Waals surface area contributed by atoms with Gasteiger partial charge in [0.05, 0.1) is 13.1 Å². The molecule has 3 rings (SSSR count). The number of hydrogen-bond donors (Lipinski definition) is 1. The van der Waals surface area contributed by atoms with Gasteiger partial charge in [-0.25, -0.2) is 0 Å². The van der Waals surface area contributed by atoms with Gasteiger partial charge < -0.3 is 9.73 Å². The van der Waals surface area contributed by atoms with Crippen molar-refractivity contribution in [2.75, 3.05) is 0 Å². The molecule has 4 heteroatoms. The van der Waals surface area contributed by atoms with Gasteiger partial charge in [-0.1, -0.05) is 0 Å². The first-order valence-corrected chi connectivity index (χ1v) is 5.68. The first-order valence-electron chi connectivity index (χ1n) is 5.68. The van der Waals surface area contributed by atoms with Crippen LogP contribution in [0.25, 0.3) is 0 Å². The first-order chi connectivity index (χ1) is 7.90. The minimum absolute atomic E-state index is 0.705. The average Bonchev–Trinajstić information content (AvgIpc) is 2.78. The molecule has 0 spiro atoms. The maximum absolute atomic E-state index is 5.71. The second-order valence-corrected chi connectivity index (χ2v) is 4.23. The van der Waals surface area contributed by atoms with Crippen LogP contribution in [-0.4, -0.2) is 15.8 Å². The molecule has 4 nitrogen and oxygen atoms in total. The van der Waals surface area contributed by atoms with Crippen molar-refractivity contribution >= 4 is 0 Å². The largest absolute Gasteiger partial charge is 0.463 e. The summed E-state index contributed by atoms with van der Waals surface area (Å²) in [5, 5.41) is 7.57. The molecular formula is C12H15N3O. The highest BCUT2D eigenvalue weighted by Gasteiger charge is 2.20. The highest BCUT2D eigenvalue weighted by molar-refractivity contribution is 5.08. The van der Waals surface area contributed by atoms with Gasteiger partial charge in [0.25, 0.3) is 0 Å². The molecule has 0 bridgehead atoms. The fourth-order valence-corrected chi connectivity index (χ4v) is 1.69. The van der Waals surface area contributed by atoms with Crippen molar-refractivity contribution < 1.29 is 4.42 Å². The summed E-state index contributed by atoms with van der Waals surface area (Å²) in [5.74, 6) is 1.96. The molecule has 2 aromatic heterocycles. The Labute approximate surface area is 94.3 Å². The van der Waals surface area contributed by atoms with Gasteiger partial charge in [0.15, 0.2) is 0 Å². The molecule has 1 fully saturated rings. The normalized spacial score (nSPS) is 15.5. The molecule has 1 N–H and O–H groups in total. The predicted molar refractivity (Wildman–Crippen MR) is 59.9 cm³/mol. The number of furan rings is 1. The van der Waals surface area contributed by atoms with Crippen LogP contribution >= 0.6 is 0 Å². The SMILES string of the molecule is c1cnn(Cc2ccc(CNC3CC3)o2)c1. The van der Waals surface area contributed by atoms with Crippen LogP contribution < -0.4 is 5.32 Å². The molecule has 0 amide bonds. The van der Waals surface area contributed by atoms with Crippen molar-refractivity contribution in [3.63, 3.8) is 0 Å². The lowest BCUT2D eigenvalue weighted by atomic mass is 10.4. The topological polar surface area (TPSA) is 43.0 Å². The van der Waals surface area contributed by atoms with E-state index in [2.05, 4.69) is 10.4 Å². The molecular weight excluding hydrogens is 202 g/mol. The van der Waals surface area contributed by atoms with Crippen molar-refractivity contribution in [2.24, 2.45) is 0 Å². The van der Waals surface area contributed by atoms with Gasteiger partial charge in [-0.05, 0) is 31.0 Å². The smallest absolute Gasteiger partial charge is 0.125 e. The van der Waals surface area contributed by atoms with Crippen LogP contribution in [0.5, 0.6) is 0 Å². The van der Waals surface area contributed by atoms with E-state index in [-0.39, 0.29) is 0 Å². The first kappa shape index (κ1) is 9.66. The van der Waals surface area contributed by atoms with Crippen LogP contribution in [0, 0.1) is 0 Å². The molecule has 0 unspecified atom stereocenters. The van der Waals surface area contributed by atoms with Gasteiger partial charge in [0, 0.05) is 18.4 Å². The summed E-state index contributed by atoms with van der Waals surface area (Å²) in [6.45, 7) is 1.54. The standard InChI is InChI=1S/C12H15N3O/c1-6-14-15(7-1)9-12-5-4-11(16-12)8-13-10-2-3-10/h1,4-7,10,13H,2-3,8-9H2. The van der Waals surface area contributed by atoms with Gasteiger partial charge in [-0.2, -0.15) is 5.10 Å². The van der Waals surface area contributed by atoms with Gasteiger partial charge in [-0.15, -0.1) is 0 Å². The second-order valence-electron chi connectivity index (χ2n) is 4.23. The summed E-state index contributed by atoms with van der Waals surface area (Å²) in [4.78, 5) is 0. The van der Waals surface area contributed by atoms with E-state index in [0.717, 1.165) is 24.1 Å². The molecule has 0 radical (unpaired) electrons. The van der Waals surface area contributed by atoms with E-state index in [1.165, 1.54) is 12.8 Å². The van der Waals surface area contributed by atoms with Crippen molar-refractivity contribution in [2.45, 2.75) is 32.0 Å². The van der Waals surface area contributed by atoms with E-state index in [4.69, 9.17) is 4.42 Å². The molecule has 1 aliphatic rings. The Hall–Kier alpha value is -1.55. The van der Waals surface area contributed by atoms with Crippen molar-refractivity contribution in [1.29, 1.82) is 0 Å². The average molecular weight is 217 g/mol. The summed E-state index contributed by atoms with van der Waals surface area (Å²) in [6, 6.07) is 6.69. The van der Waals surface area contributed by atoms with E-state index in [1.54, 1.807) is 6.20 Å². The minimum Gasteiger partial charge on any atom is -0.463 e. The highest BCUT2D eigenvalue weighted by atomic mass is 16.3. The summed E-state index contributed by atoms with van der Waals surface area (Å²) in [6.07, 6.45) is 6.32. The van der Waals surface area contributed by atoms with Gasteiger partial charge in [0.2, 0.25) is 0 Å². The van der Waals surface area contributed by atoms with Crippen LogP contribution in [-0.2, 0) is 13.1 Å². The number of nitrogens with zero attached hydrogens (tertiary/aromatic N) is 2. The predicted octanol–water partition coefficient (Wildman–Crippen LogP) is 1.78. The molecule has 2 aromatic rings. The maximum Gasteiger partial charge on any atom is 0.125 e. The molecule has 0 saturated heterocycles. The Bertz CT molecular complexity index is 443. The Morgan fingerprint density at radius 2 is 2.25 bits per heavy atom. The Kier molecular flexibility index (Phi) is 2.50. The van der Waals surface area contributed by atoms with Crippen LogP contribution in [0.3, 0.4) is 0 Å². The number of nitrogens with one attached hydrogen (secondary N) is 1. The van der Waals surface area contributed by atoms with Crippen molar-refractivity contribution in [3.05, 3.63) is 42.1 Å². The van der Waals surface area contributed by atoms with Crippen molar-refractivity contribution in [1.82, 2.24) is 15.1 Å². The van der Waals surface area contributed by atoms with E-state index in [0.29, 0.717) is 6.54 Å². The summed E-state index contributed by atoms with van der Waals surface area (Å²) in [5.41, 5.74) is 0. The fourth-order valence-electron chi connectivity index (χ4n) is 1.69. The number of rotatable bonds is 5. The Balaban J connectivity index is 1.58. The fraction of sp³-hybridized carbons (Fsp3) is 0.417. The Morgan fingerprint density at radius 1 is 1.38 bits per heavy atom. The lowest BCUT2D eigenvalue weighted by molar-refractivity contribution is 0.430. The van der Waals surface area contributed by atoms with E-state index in [9.17, 15) is 0 Å². The molecule has 0 atom stereocenters. The minimum atomic E-state index is 0.705. The van der Waals surface area contributed by atoms with Gasteiger partial charge >= 0.3 is 0 Å². The summed E-state index contributed by atoms with van der Waals surface area (Å²) < 4.78 is 7.57. The lowest BCUT2D eigenvalue weighted by Crippen LogP contribution is -2.14. The number of hydrogen-bond acceptors (Lipinski definition) is 3.